The van der Waals surface area contributed by atoms with E-state index < -0.39 is 0 Å². The highest BCUT2D eigenvalue weighted by Crippen LogP contribution is 2.18. The van der Waals surface area contributed by atoms with Gasteiger partial charge in [-0.1, -0.05) is 53.2 Å². The molecule has 1 nitrogen and oxygen atoms in total. The number of ketones is 1. The van der Waals surface area contributed by atoms with Crippen LogP contribution < -0.4 is 0 Å². The molecule has 2 heteroatoms. The highest BCUT2D eigenvalue weighted by atomic mass is 79.9. The minimum absolute atomic E-state index is 0.169. The minimum atomic E-state index is 0.169. The third-order valence-corrected chi connectivity index (χ3v) is 3.79. The molecule has 0 saturated carbocycles. The van der Waals surface area contributed by atoms with Gasteiger partial charge in [-0.15, -0.1) is 0 Å². The Labute approximate surface area is 122 Å². The number of carbonyl (C=O) groups excluding carboxylic acids is 1. The molecule has 0 aliphatic carbocycles. The van der Waals surface area contributed by atoms with Gasteiger partial charge in [0.1, 0.15) is 0 Å². The molecule has 2 rings (SSSR count). The molecule has 0 fully saturated rings. The van der Waals surface area contributed by atoms with E-state index >= 15 is 0 Å². The molecular formula is C17H17BrO. The zero-order valence-electron chi connectivity index (χ0n) is 11.2. The van der Waals surface area contributed by atoms with Crippen molar-refractivity contribution in [3.05, 3.63) is 69.2 Å². The van der Waals surface area contributed by atoms with E-state index in [-0.39, 0.29) is 5.78 Å². The van der Waals surface area contributed by atoms with Gasteiger partial charge in [0.25, 0.3) is 0 Å². The molecule has 0 aliphatic heterocycles. The lowest BCUT2D eigenvalue weighted by Gasteiger charge is -2.06. The molecule has 19 heavy (non-hydrogen) atoms. The van der Waals surface area contributed by atoms with Crippen LogP contribution in [0.5, 0.6) is 0 Å². The summed E-state index contributed by atoms with van der Waals surface area (Å²) < 4.78 is 0.947. The van der Waals surface area contributed by atoms with Crippen LogP contribution in [0.1, 0.15) is 34.0 Å². The average Bonchev–Trinajstić information content (AvgIpc) is 2.42. The smallest absolute Gasteiger partial charge is 0.167 e. The number of hydrogen-bond acceptors (Lipinski definition) is 1. The predicted molar refractivity (Wildman–Crippen MR) is 82.7 cm³/mol. The molecule has 2 aromatic rings. The second-order valence-corrected chi connectivity index (χ2v) is 5.64. The fourth-order valence-corrected chi connectivity index (χ4v) is 2.43. The Kier molecular flexibility index (Phi) is 4.54. The second-order valence-electron chi connectivity index (χ2n) is 4.73. The van der Waals surface area contributed by atoms with Crippen molar-refractivity contribution < 1.29 is 4.79 Å². The van der Waals surface area contributed by atoms with E-state index in [1.807, 2.05) is 37.3 Å². The van der Waals surface area contributed by atoms with Crippen LogP contribution in [0.25, 0.3) is 0 Å². The lowest BCUT2D eigenvalue weighted by molar-refractivity contribution is 0.0992. The Morgan fingerprint density at radius 2 is 1.68 bits per heavy atom. The van der Waals surface area contributed by atoms with E-state index in [4.69, 9.17) is 0 Å². The summed E-state index contributed by atoms with van der Waals surface area (Å²) in [6.45, 7) is 4.10. The standard InChI is InChI=1S/C17H17BrO/c1-3-13-5-7-14(8-6-13)10-17(19)16-11-15(18)9-4-12(16)2/h4-9,11H,3,10H2,1-2H3. The molecule has 0 aliphatic rings. The first kappa shape index (κ1) is 14.0. The van der Waals surface area contributed by atoms with Crippen molar-refractivity contribution in [2.75, 3.05) is 0 Å². The van der Waals surface area contributed by atoms with E-state index in [2.05, 4.69) is 35.0 Å². The average molecular weight is 317 g/mol. The van der Waals surface area contributed by atoms with E-state index in [1.165, 1.54) is 5.56 Å². The van der Waals surface area contributed by atoms with Gasteiger partial charge in [-0.2, -0.15) is 0 Å². The number of hydrogen-bond donors (Lipinski definition) is 0. The highest BCUT2D eigenvalue weighted by molar-refractivity contribution is 9.10. The Morgan fingerprint density at radius 1 is 1.05 bits per heavy atom. The van der Waals surface area contributed by atoms with Gasteiger partial charge in [0.2, 0.25) is 0 Å². The summed E-state index contributed by atoms with van der Waals surface area (Å²) in [5, 5.41) is 0. The van der Waals surface area contributed by atoms with E-state index in [0.29, 0.717) is 6.42 Å². The Morgan fingerprint density at radius 3 is 2.32 bits per heavy atom. The lowest BCUT2D eigenvalue weighted by Crippen LogP contribution is -2.05. The zero-order valence-corrected chi connectivity index (χ0v) is 12.8. The van der Waals surface area contributed by atoms with Crippen LogP contribution in [0.2, 0.25) is 0 Å². The normalized spacial score (nSPS) is 10.5. The van der Waals surface area contributed by atoms with Gasteiger partial charge >= 0.3 is 0 Å². The van der Waals surface area contributed by atoms with Crippen molar-refractivity contribution in [3.63, 3.8) is 0 Å². The van der Waals surface area contributed by atoms with E-state index in [0.717, 1.165) is 27.6 Å². The van der Waals surface area contributed by atoms with Gasteiger partial charge in [0, 0.05) is 16.5 Å². The van der Waals surface area contributed by atoms with Crippen LogP contribution in [0.4, 0.5) is 0 Å². The van der Waals surface area contributed by atoms with Gasteiger partial charge in [-0.3, -0.25) is 4.79 Å². The first-order valence-electron chi connectivity index (χ1n) is 6.47. The summed E-state index contributed by atoms with van der Waals surface area (Å²) in [5.41, 5.74) is 4.20. The van der Waals surface area contributed by atoms with E-state index in [9.17, 15) is 4.79 Å². The number of aryl methyl sites for hydroxylation is 2. The molecule has 0 heterocycles. The van der Waals surface area contributed by atoms with Crippen molar-refractivity contribution >= 4 is 21.7 Å². The summed E-state index contributed by atoms with van der Waals surface area (Å²) in [5.74, 6) is 0.169. The summed E-state index contributed by atoms with van der Waals surface area (Å²) in [7, 11) is 0. The van der Waals surface area contributed by atoms with Gasteiger partial charge in [-0.25, -0.2) is 0 Å². The molecule has 0 radical (unpaired) electrons. The molecule has 0 bridgehead atoms. The molecule has 98 valence electrons. The summed E-state index contributed by atoms with van der Waals surface area (Å²) in [4.78, 5) is 12.3. The lowest BCUT2D eigenvalue weighted by atomic mass is 9.98. The fraction of sp³-hybridized carbons (Fsp3) is 0.235. The van der Waals surface area contributed by atoms with Crippen LogP contribution in [-0.2, 0) is 12.8 Å². The summed E-state index contributed by atoms with van der Waals surface area (Å²) in [6, 6.07) is 14.1. The summed E-state index contributed by atoms with van der Waals surface area (Å²) >= 11 is 3.42. The quantitative estimate of drug-likeness (QED) is 0.744. The van der Waals surface area contributed by atoms with Crippen molar-refractivity contribution in [1.29, 1.82) is 0 Å². The Balaban J connectivity index is 2.18. The first-order chi connectivity index (χ1) is 9.10. The number of rotatable bonds is 4. The number of carbonyl (C=O) groups is 1. The monoisotopic (exact) mass is 316 g/mol. The molecule has 2 aromatic carbocycles. The van der Waals surface area contributed by atoms with Gasteiger partial charge in [0.05, 0.1) is 0 Å². The van der Waals surface area contributed by atoms with Crippen LogP contribution in [0.15, 0.2) is 46.9 Å². The number of halogens is 1. The highest BCUT2D eigenvalue weighted by Gasteiger charge is 2.10. The van der Waals surface area contributed by atoms with Crippen molar-refractivity contribution in [2.24, 2.45) is 0 Å². The maximum atomic E-state index is 12.3. The van der Waals surface area contributed by atoms with Crippen LogP contribution in [0.3, 0.4) is 0 Å². The molecule has 0 atom stereocenters. The maximum Gasteiger partial charge on any atom is 0.167 e. The van der Waals surface area contributed by atoms with Crippen molar-refractivity contribution in [2.45, 2.75) is 26.7 Å². The zero-order chi connectivity index (χ0) is 13.8. The minimum Gasteiger partial charge on any atom is -0.294 e. The van der Waals surface area contributed by atoms with Gasteiger partial charge in [0.15, 0.2) is 5.78 Å². The largest absolute Gasteiger partial charge is 0.294 e. The molecule has 0 aromatic heterocycles. The third kappa shape index (κ3) is 3.54. The molecule has 0 amide bonds. The molecule has 0 saturated heterocycles. The van der Waals surface area contributed by atoms with Crippen LogP contribution >= 0.6 is 15.9 Å². The molecule has 0 N–H and O–H groups in total. The number of Topliss-reactive ketones (excluding diaryl/α,β-unsaturated/α-hetero) is 1. The van der Waals surface area contributed by atoms with Gasteiger partial charge in [-0.05, 0) is 42.2 Å². The van der Waals surface area contributed by atoms with E-state index in [1.54, 1.807) is 0 Å². The van der Waals surface area contributed by atoms with Crippen molar-refractivity contribution in [3.8, 4) is 0 Å². The SMILES string of the molecule is CCc1ccc(CC(=O)c2cc(Br)ccc2C)cc1. The Bertz CT molecular complexity index is 585. The van der Waals surface area contributed by atoms with Crippen LogP contribution in [-0.4, -0.2) is 5.78 Å². The second kappa shape index (κ2) is 6.16. The molecular weight excluding hydrogens is 300 g/mol. The number of benzene rings is 2. The third-order valence-electron chi connectivity index (χ3n) is 3.30. The first-order valence-corrected chi connectivity index (χ1v) is 7.26. The predicted octanol–water partition coefficient (Wildman–Crippen LogP) is 4.75. The fourth-order valence-electron chi connectivity index (χ4n) is 2.07. The molecule has 0 unspecified atom stereocenters. The topological polar surface area (TPSA) is 17.1 Å². The summed E-state index contributed by atoms with van der Waals surface area (Å²) in [6.07, 6.45) is 1.49. The van der Waals surface area contributed by atoms with Gasteiger partial charge < -0.3 is 0 Å². The van der Waals surface area contributed by atoms with Crippen LogP contribution in [0, 0.1) is 6.92 Å². The maximum absolute atomic E-state index is 12.3. The Hall–Kier alpha value is -1.41. The van der Waals surface area contributed by atoms with Crippen molar-refractivity contribution in [1.82, 2.24) is 0 Å². The molecule has 0 spiro atoms.